The molecule has 3 amide bonds. The largest absolute Gasteiger partial charge is 0.321 e. The first-order valence-corrected chi connectivity index (χ1v) is 18.3. The van der Waals surface area contributed by atoms with Crippen molar-refractivity contribution in [2.45, 2.75) is 10.1 Å². The third-order valence-corrected chi connectivity index (χ3v) is 10.1. The van der Waals surface area contributed by atoms with Crippen LogP contribution in [0.2, 0.25) is 0 Å². The Hall–Kier alpha value is -6.29. The van der Waals surface area contributed by atoms with Gasteiger partial charge in [0, 0.05) is 27.1 Å². The van der Waals surface area contributed by atoms with Crippen LogP contribution in [0.3, 0.4) is 0 Å². The topological polar surface area (TPSA) is 100 Å². The van der Waals surface area contributed by atoms with Crippen LogP contribution in [-0.2, 0) is 9.59 Å². The maximum atomic E-state index is 13.8. The molecule has 7 aromatic rings. The summed E-state index contributed by atoms with van der Waals surface area (Å²) < 4.78 is 0. The Balaban J connectivity index is 1.05. The summed E-state index contributed by atoms with van der Waals surface area (Å²) in [5.74, 6) is -1.06. The first-order valence-electron chi connectivity index (χ1n) is 16.5. The fourth-order valence-electron chi connectivity index (χ4n) is 5.49. The summed E-state index contributed by atoms with van der Waals surface area (Å²) in [6.45, 7) is 0. The Morgan fingerprint density at radius 1 is 0.673 bits per heavy atom. The number of carbonyl (C=O) groups excluding carboxylic acids is 3. The molecule has 0 bridgehead atoms. The standard InChI is InChI=1S/C43H32N4O3S2/c48-40(32-17-8-3-9-18-32)45-37(26-29-12-4-1-5-13-29)41(49)44-35-22-24-36(25-23-35)52-39(31-15-6-2-7-16-31)42(50)47-43-46-38(28-51-43)34-21-20-30-14-10-11-19-33(30)27-34/h1-28,39H,(H,44,49)(H,45,48)(H,46,47,50)/b37-26-. The zero-order chi connectivity index (χ0) is 35.7. The van der Waals surface area contributed by atoms with E-state index in [9.17, 15) is 14.4 Å². The van der Waals surface area contributed by atoms with E-state index in [1.54, 1.807) is 42.5 Å². The quantitative estimate of drug-likeness (QED) is 0.0915. The average Bonchev–Trinajstić information content (AvgIpc) is 3.66. The molecule has 0 fully saturated rings. The lowest BCUT2D eigenvalue weighted by molar-refractivity contribution is -0.116. The number of nitrogens with zero attached hydrogens (tertiary/aromatic N) is 1. The highest BCUT2D eigenvalue weighted by atomic mass is 32.2. The van der Waals surface area contributed by atoms with Gasteiger partial charge in [-0.3, -0.25) is 14.4 Å². The van der Waals surface area contributed by atoms with E-state index >= 15 is 0 Å². The zero-order valence-electron chi connectivity index (χ0n) is 27.7. The Morgan fingerprint density at radius 3 is 2.06 bits per heavy atom. The third kappa shape index (κ3) is 8.53. The fourth-order valence-corrected chi connectivity index (χ4v) is 7.24. The second kappa shape index (κ2) is 16.2. The van der Waals surface area contributed by atoms with Gasteiger partial charge < -0.3 is 16.0 Å². The number of aromatic nitrogens is 1. The number of fused-ring (bicyclic) bond motifs is 1. The van der Waals surface area contributed by atoms with Crippen LogP contribution in [0.5, 0.6) is 0 Å². The van der Waals surface area contributed by atoms with Crippen LogP contribution < -0.4 is 16.0 Å². The molecule has 1 unspecified atom stereocenters. The lowest BCUT2D eigenvalue weighted by Gasteiger charge is -2.17. The number of amides is 3. The molecule has 0 aliphatic heterocycles. The Morgan fingerprint density at radius 2 is 1.33 bits per heavy atom. The Labute approximate surface area is 309 Å². The second-order valence-electron chi connectivity index (χ2n) is 11.8. The number of thioether (sulfide) groups is 1. The Kier molecular flexibility index (Phi) is 10.6. The van der Waals surface area contributed by atoms with Gasteiger partial charge in [0.15, 0.2) is 5.13 Å². The molecular weight excluding hydrogens is 685 g/mol. The van der Waals surface area contributed by atoms with Crippen molar-refractivity contribution < 1.29 is 14.4 Å². The van der Waals surface area contributed by atoms with Gasteiger partial charge in [0.25, 0.3) is 11.8 Å². The highest BCUT2D eigenvalue weighted by molar-refractivity contribution is 8.00. The number of nitrogens with one attached hydrogen (secondary N) is 3. The summed E-state index contributed by atoms with van der Waals surface area (Å²) in [5.41, 5.74) is 4.47. The van der Waals surface area contributed by atoms with E-state index in [1.165, 1.54) is 23.1 Å². The molecule has 0 aliphatic rings. The number of anilines is 2. The molecule has 3 N–H and O–H groups in total. The molecule has 0 saturated carbocycles. The van der Waals surface area contributed by atoms with Crippen molar-refractivity contribution >= 4 is 68.5 Å². The predicted octanol–water partition coefficient (Wildman–Crippen LogP) is 9.84. The van der Waals surface area contributed by atoms with E-state index in [0.717, 1.165) is 38.1 Å². The van der Waals surface area contributed by atoms with Crippen LogP contribution in [0.25, 0.3) is 28.1 Å². The highest BCUT2D eigenvalue weighted by Gasteiger charge is 2.24. The van der Waals surface area contributed by atoms with Crippen LogP contribution in [0, 0.1) is 0 Å². The second-order valence-corrected chi connectivity index (χ2v) is 13.8. The van der Waals surface area contributed by atoms with Crippen molar-refractivity contribution in [2.75, 3.05) is 10.6 Å². The van der Waals surface area contributed by atoms with Crippen LogP contribution in [0.1, 0.15) is 26.7 Å². The maximum absolute atomic E-state index is 13.8. The lowest BCUT2D eigenvalue weighted by atomic mass is 10.1. The molecular formula is C43H32N4O3S2. The molecule has 52 heavy (non-hydrogen) atoms. The molecule has 1 heterocycles. The summed E-state index contributed by atoms with van der Waals surface area (Å²) in [5, 5.41) is 12.9. The van der Waals surface area contributed by atoms with E-state index < -0.39 is 17.1 Å². The fraction of sp³-hybridized carbons (Fsp3) is 0.0233. The Bertz CT molecular complexity index is 2360. The van der Waals surface area contributed by atoms with Gasteiger partial charge in [-0.1, -0.05) is 115 Å². The van der Waals surface area contributed by atoms with E-state index in [4.69, 9.17) is 4.98 Å². The monoisotopic (exact) mass is 716 g/mol. The van der Waals surface area contributed by atoms with Crippen molar-refractivity contribution in [1.82, 2.24) is 10.3 Å². The van der Waals surface area contributed by atoms with Crippen molar-refractivity contribution in [2.24, 2.45) is 0 Å². The first-order chi connectivity index (χ1) is 25.5. The van der Waals surface area contributed by atoms with Gasteiger partial charge in [-0.2, -0.15) is 0 Å². The molecule has 7 nitrogen and oxygen atoms in total. The first kappa shape index (κ1) is 34.2. The van der Waals surface area contributed by atoms with Gasteiger partial charge in [0.2, 0.25) is 5.91 Å². The molecule has 254 valence electrons. The zero-order valence-corrected chi connectivity index (χ0v) is 29.4. The van der Waals surface area contributed by atoms with E-state index in [0.29, 0.717) is 16.4 Å². The van der Waals surface area contributed by atoms with Gasteiger partial charge in [0.05, 0.1) is 5.69 Å². The van der Waals surface area contributed by atoms with Gasteiger partial charge in [-0.15, -0.1) is 23.1 Å². The molecule has 1 atom stereocenters. The highest BCUT2D eigenvalue weighted by Crippen LogP contribution is 2.37. The summed E-state index contributed by atoms with van der Waals surface area (Å²) in [6, 6.07) is 49.3. The van der Waals surface area contributed by atoms with Gasteiger partial charge in [0.1, 0.15) is 10.9 Å². The minimum absolute atomic E-state index is 0.102. The van der Waals surface area contributed by atoms with Crippen LogP contribution in [-0.4, -0.2) is 22.7 Å². The molecule has 9 heteroatoms. The summed E-state index contributed by atoms with van der Waals surface area (Å²) in [7, 11) is 0. The normalized spacial score (nSPS) is 11.8. The minimum Gasteiger partial charge on any atom is -0.321 e. The van der Waals surface area contributed by atoms with Gasteiger partial charge in [-0.25, -0.2) is 4.98 Å². The molecule has 0 radical (unpaired) electrons. The predicted molar refractivity (Wildman–Crippen MR) is 212 cm³/mol. The van der Waals surface area contributed by atoms with E-state index in [1.807, 2.05) is 102 Å². The van der Waals surface area contributed by atoms with Crippen molar-refractivity contribution in [1.29, 1.82) is 0 Å². The molecule has 0 saturated heterocycles. The average molecular weight is 717 g/mol. The van der Waals surface area contributed by atoms with Crippen LogP contribution in [0.4, 0.5) is 10.8 Å². The number of thiazole rings is 1. The van der Waals surface area contributed by atoms with Crippen molar-refractivity contribution in [3.8, 4) is 11.3 Å². The molecule has 1 aromatic heterocycles. The minimum atomic E-state index is -0.566. The number of hydrogen-bond donors (Lipinski definition) is 3. The van der Waals surface area contributed by atoms with E-state index in [-0.39, 0.29) is 11.6 Å². The summed E-state index contributed by atoms with van der Waals surface area (Å²) in [4.78, 5) is 45.8. The molecule has 0 spiro atoms. The smallest absolute Gasteiger partial charge is 0.272 e. The number of carbonyl (C=O) groups is 3. The summed E-state index contributed by atoms with van der Waals surface area (Å²) >= 11 is 2.79. The number of hydrogen-bond acceptors (Lipinski definition) is 6. The van der Waals surface area contributed by atoms with Crippen molar-refractivity contribution in [3.63, 3.8) is 0 Å². The SMILES string of the molecule is O=C(Nc1ccc(SC(C(=O)Nc2nc(-c3ccc4ccccc4c3)cs2)c2ccccc2)cc1)/C(=C/c1ccccc1)NC(=O)c1ccccc1. The van der Waals surface area contributed by atoms with Crippen LogP contribution in [0.15, 0.2) is 174 Å². The third-order valence-electron chi connectivity index (χ3n) is 8.13. The molecule has 6 aromatic carbocycles. The van der Waals surface area contributed by atoms with Crippen LogP contribution >= 0.6 is 23.1 Å². The van der Waals surface area contributed by atoms with Crippen molar-refractivity contribution in [3.05, 3.63) is 185 Å². The van der Waals surface area contributed by atoms with Gasteiger partial charge >= 0.3 is 0 Å². The lowest BCUT2D eigenvalue weighted by Crippen LogP contribution is -2.30. The maximum Gasteiger partial charge on any atom is 0.272 e. The van der Waals surface area contributed by atoms with E-state index in [2.05, 4.69) is 40.2 Å². The number of rotatable bonds is 11. The van der Waals surface area contributed by atoms with Gasteiger partial charge in [-0.05, 0) is 70.4 Å². The molecule has 7 rings (SSSR count). The summed E-state index contributed by atoms with van der Waals surface area (Å²) in [6.07, 6.45) is 1.64. The number of benzene rings is 6. The molecule has 0 aliphatic carbocycles.